The van der Waals surface area contributed by atoms with Crippen LogP contribution in [-0.4, -0.2) is 47.1 Å². The first-order valence-electron chi connectivity index (χ1n) is 12.0. The van der Waals surface area contributed by atoms with Crippen molar-refractivity contribution in [3.8, 4) is 5.75 Å². The molecule has 0 spiro atoms. The summed E-state index contributed by atoms with van der Waals surface area (Å²) in [7, 11) is 1.58. The van der Waals surface area contributed by atoms with Gasteiger partial charge in [0.05, 0.1) is 7.11 Å². The summed E-state index contributed by atoms with van der Waals surface area (Å²) >= 11 is 0. The second-order valence-corrected chi connectivity index (χ2v) is 10.7. The van der Waals surface area contributed by atoms with Gasteiger partial charge < -0.3 is 25.0 Å². The Hall–Kier alpha value is -3.55. The molecule has 2 aromatic rings. The van der Waals surface area contributed by atoms with Gasteiger partial charge in [-0.05, 0) is 71.7 Å². The topological polar surface area (TPSA) is 97.0 Å². The molecule has 2 aromatic carbocycles. The summed E-state index contributed by atoms with van der Waals surface area (Å²) in [5.74, 6) is -0.0590. The SMILES string of the molecule is COc1ccc(CN(C(=O)[C@H](C)NC(=O)OC(C)(C)C)C(C(=O)NC(C)(C)C)c2ccccc2)cc1. The van der Waals surface area contributed by atoms with Crippen LogP contribution in [-0.2, 0) is 20.9 Å². The fourth-order valence-electron chi connectivity index (χ4n) is 3.57. The molecular formula is C28H39N3O5. The van der Waals surface area contributed by atoms with Crippen molar-refractivity contribution >= 4 is 17.9 Å². The van der Waals surface area contributed by atoms with E-state index < -0.39 is 35.2 Å². The number of ether oxygens (including phenoxy) is 2. The molecule has 0 aliphatic heterocycles. The number of benzene rings is 2. The van der Waals surface area contributed by atoms with E-state index in [9.17, 15) is 14.4 Å². The number of alkyl carbamates (subject to hydrolysis) is 1. The van der Waals surface area contributed by atoms with E-state index in [2.05, 4.69) is 10.6 Å². The Labute approximate surface area is 214 Å². The zero-order chi connectivity index (χ0) is 27.1. The Kier molecular flexibility index (Phi) is 9.50. The van der Waals surface area contributed by atoms with E-state index in [-0.39, 0.29) is 12.5 Å². The summed E-state index contributed by atoms with van der Waals surface area (Å²) in [6, 6.07) is 14.5. The van der Waals surface area contributed by atoms with Crippen molar-refractivity contribution < 1.29 is 23.9 Å². The van der Waals surface area contributed by atoms with Gasteiger partial charge in [-0.1, -0.05) is 42.5 Å². The normalized spacial score (nSPS) is 13.2. The van der Waals surface area contributed by atoms with E-state index in [0.29, 0.717) is 11.3 Å². The Morgan fingerprint density at radius 3 is 2.00 bits per heavy atom. The zero-order valence-electron chi connectivity index (χ0n) is 22.5. The summed E-state index contributed by atoms with van der Waals surface area (Å²) in [5, 5.41) is 5.61. The molecule has 36 heavy (non-hydrogen) atoms. The summed E-state index contributed by atoms with van der Waals surface area (Å²) in [6.45, 7) is 12.6. The number of methoxy groups -OCH3 is 1. The average molecular weight is 498 g/mol. The largest absolute Gasteiger partial charge is 0.497 e. The first-order valence-corrected chi connectivity index (χ1v) is 12.0. The highest BCUT2D eigenvalue weighted by Gasteiger charge is 2.36. The molecule has 0 saturated heterocycles. The standard InChI is InChI=1S/C28H39N3O5/c1-19(29-26(34)36-28(5,6)7)25(33)31(18-20-14-16-22(35-8)17-15-20)23(21-12-10-9-11-13-21)24(32)30-27(2,3)4/h9-17,19,23H,18H2,1-8H3,(H,29,34)(H,30,32)/t19-,23?/m0/s1. The number of carbonyl (C=O) groups is 3. The van der Waals surface area contributed by atoms with Crippen molar-refractivity contribution in [1.82, 2.24) is 15.5 Å². The van der Waals surface area contributed by atoms with Crippen molar-refractivity contribution in [2.75, 3.05) is 7.11 Å². The van der Waals surface area contributed by atoms with Crippen LogP contribution in [0.1, 0.15) is 65.6 Å². The highest BCUT2D eigenvalue weighted by molar-refractivity contribution is 5.92. The molecular weight excluding hydrogens is 458 g/mol. The van der Waals surface area contributed by atoms with Gasteiger partial charge in [-0.15, -0.1) is 0 Å². The first-order chi connectivity index (χ1) is 16.7. The molecule has 0 aliphatic carbocycles. The van der Waals surface area contributed by atoms with Crippen molar-refractivity contribution in [3.63, 3.8) is 0 Å². The number of carbonyl (C=O) groups excluding carboxylic acids is 3. The van der Waals surface area contributed by atoms with Crippen LogP contribution in [0, 0.1) is 0 Å². The third-order valence-corrected chi connectivity index (χ3v) is 5.07. The lowest BCUT2D eigenvalue weighted by atomic mass is 10.00. The number of amides is 3. The summed E-state index contributed by atoms with van der Waals surface area (Å²) in [6.07, 6.45) is -0.705. The summed E-state index contributed by atoms with van der Waals surface area (Å²) in [5.41, 5.74) is 0.234. The minimum absolute atomic E-state index is 0.139. The molecule has 0 aromatic heterocycles. The molecule has 3 amide bonds. The van der Waals surface area contributed by atoms with E-state index >= 15 is 0 Å². The molecule has 0 bridgehead atoms. The lowest BCUT2D eigenvalue weighted by Crippen LogP contribution is -2.53. The fourth-order valence-corrected chi connectivity index (χ4v) is 3.57. The average Bonchev–Trinajstić information content (AvgIpc) is 2.76. The van der Waals surface area contributed by atoms with Crippen LogP contribution in [0.3, 0.4) is 0 Å². The van der Waals surface area contributed by atoms with Gasteiger partial charge in [-0.3, -0.25) is 9.59 Å². The molecule has 1 unspecified atom stereocenters. The van der Waals surface area contributed by atoms with Gasteiger partial charge in [0.15, 0.2) is 0 Å². The van der Waals surface area contributed by atoms with E-state index in [4.69, 9.17) is 9.47 Å². The van der Waals surface area contributed by atoms with Crippen molar-refractivity contribution in [2.45, 2.75) is 78.2 Å². The molecule has 196 valence electrons. The van der Waals surface area contributed by atoms with Gasteiger partial charge in [-0.25, -0.2) is 4.79 Å². The van der Waals surface area contributed by atoms with Crippen molar-refractivity contribution in [3.05, 3.63) is 65.7 Å². The molecule has 2 rings (SSSR count). The number of nitrogens with one attached hydrogen (secondary N) is 2. The maximum atomic E-state index is 13.8. The predicted octanol–water partition coefficient (Wildman–Crippen LogP) is 4.59. The Morgan fingerprint density at radius 1 is 0.917 bits per heavy atom. The Balaban J connectivity index is 2.48. The number of nitrogens with zero attached hydrogens (tertiary/aromatic N) is 1. The van der Waals surface area contributed by atoms with E-state index in [1.54, 1.807) is 46.9 Å². The quantitative estimate of drug-likeness (QED) is 0.556. The second kappa shape index (κ2) is 11.9. The maximum absolute atomic E-state index is 13.8. The minimum Gasteiger partial charge on any atom is -0.497 e. The third-order valence-electron chi connectivity index (χ3n) is 5.07. The van der Waals surface area contributed by atoms with Gasteiger partial charge in [0.25, 0.3) is 0 Å². The van der Waals surface area contributed by atoms with E-state index in [1.807, 2.05) is 63.2 Å². The summed E-state index contributed by atoms with van der Waals surface area (Å²) in [4.78, 5) is 41.3. The van der Waals surface area contributed by atoms with Crippen molar-refractivity contribution in [2.24, 2.45) is 0 Å². The molecule has 2 N–H and O–H groups in total. The molecule has 0 fully saturated rings. The third kappa shape index (κ3) is 8.91. The molecule has 8 nitrogen and oxygen atoms in total. The monoisotopic (exact) mass is 497 g/mol. The molecule has 0 heterocycles. The number of hydrogen-bond donors (Lipinski definition) is 2. The van der Waals surface area contributed by atoms with Gasteiger partial charge in [0.2, 0.25) is 11.8 Å². The number of rotatable bonds is 8. The lowest BCUT2D eigenvalue weighted by Gasteiger charge is -2.35. The molecule has 0 radical (unpaired) electrons. The van der Waals surface area contributed by atoms with Gasteiger partial charge in [0, 0.05) is 12.1 Å². The van der Waals surface area contributed by atoms with Crippen LogP contribution < -0.4 is 15.4 Å². The van der Waals surface area contributed by atoms with Crippen molar-refractivity contribution in [1.29, 1.82) is 0 Å². The first kappa shape index (κ1) is 28.7. The van der Waals surface area contributed by atoms with Gasteiger partial charge in [0.1, 0.15) is 23.4 Å². The van der Waals surface area contributed by atoms with Crippen LogP contribution >= 0.6 is 0 Å². The Morgan fingerprint density at radius 2 is 1.50 bits per heavy atom. The van der Waals surface area contributed by atoms with Crippen LogP contribution in [0.5, 0.6) is 5.75 Å². The molecule has 0 saturated carbocycles. The lowest BCUT2D eigenvalue weighted by molar-refractivity contribution is -0.143. The van der Waals surface area contributed by atoms with E-state index in [0.717, 1.165) is 5.56 Å². The minimum atomic E-state index is -0.938. The number of hydrogen-bond acceptors (Lipinski definition) is 5. The van der Waals surface area contributed by atoms with Crippen LogP contribution in [0.4, 0.5) is 4.79 Å². The fraction of sp³-hybridized carbons (Fsp3) is 0.464. The highest BCUT2D eigenvalue weighted by atomic mass is 16.6. The molecule has 0 aliphatic rings. The van der Waals surface area contributed by atoms with Gasteiger partial charge in [-0.2, -0.15) is 0 Å². The predicted molar refractivity (Wildman–Crippen MR) is 139 cm³/mol. The van der Waals surface area contributed by atoms with Crippen LogP contribution in [0.2, 0.25) is 0 Å². The van der Waals surface area contributed by atoms with Crippen LogP contribution in [0.25, 0.3) is 0 Å². The summed E-state index contributed by atoms with van der Waals surface area (Å²) < 4.78 is 10.6. The smallest absolute Gasteiger partial charge is 0.408 e. The van der Waals surface area contributed by atoms with Gasteiger partial charge >= 0.3 is 6.09 Å². The van der Waals surface area contributed by atoms with Crippen LogP contribution in [0.15, 0.2) is 54.6 Å². The van der Waals surface area contributed by atoms with E-state index in [1.165, 1.54) is 4.90 Å². The zero-order valence-corrected chi connectivity index (χ0v) is 22.5. The molecule has 2 atom stereocenters. The maximum Gasteiger partial charge on any atom is 0.408 e. The second-order valence-electron chi connectivity index (χ2n) is 10.7. The Bertz CT molecular complexity index is 1020. The highest BCUT2D eigenvalue weighted by Crippen LogP contribution is 2.26. The molecule has 8 heteroatoms.